The Morgan fingerprint density at radius 2 is 1.18 bits per heavy atom. The molecule has 0 radical (unpaired) electrons. The van der Waals surface area contributed by atoms with E-state index >= 15 is 0 Å². The molecule has 0 bridgehead atoms. The minimum atomic E-state index is 0.106. The molecule has 0 saturated carbocycles. The summed E-state index contributed by atoms with van der Waals surface area (Å²) in [4.78, 5) is 31.6. The van der Waals surface area contributed by atoms with Crippen LogP contribution in [0.5, 0.6) is 0 Å². The fourth-order valence-electron chi connectivity index (χ4n) is 4.70. The van der Waals surface area contributed by atoms with E-state index in [4.69, 9.17) is 0 Å². The summed E-state index contributed by atoms with van der Waals surface area (Å²) in [5.41, 5.74) is 4.92. The molecule has 2 aliphatic rings. The third-order valence-corrected chi connectivity index (χ3v) is 8.23. The second-order valence-electron chi connectivity index (χ2n) is 9.21. The molecule has 0 unspecified atom stereocenters. The van der Waals surface area contributed by atoms with Crippen LogP contribution in [0.4, 0.5) is 0 Å². The zero-order chi connectivity index (χ0) is 24.8. The van der Waals surface area contributed by atoms with E-state index in [-0.39, 0.29) is 23.9 Å². The average Bonchev–Trinajstić information content (AvgIpc) is 2.83. The van der Waals surface area contributed by atoms with Gasteiger partial charge in [0.2, 0.25) is 11.8 Å². The quantitative estimate of drug-likeness (QED) is 0.456. The minimum absolute atomic E-state index is 0.106. The summed E-state index contributed by atoms with van der Waals surface area (Å²) in [5, 5.41) is 6.20. The van der Waals surface area contributed by atoms with Gasteiger partial charge in [-0.25, -0.2) is 0 Å². The van der Waals surface area contributed by atoms with Gasteiger partial charge >= 0.3 is 0 Å². The number of hydrogen-bond acceptors (Lipinski definition) is 4. The van der Waals surface area contributed by atoms with E-state index in [2.05, 4.69) is 66.3 Å². The Bertz CT molecular complexity index is 948. The van der Waals surface area contributed by atoms with Gasteiger partial charge in [0, 0.05) is 46.6 Å². The SMILES string of the molecule is CCC(=O)N[C@@H]1c2cncc(Br)c2CC[C@@H]1C.CCC(=O)N[C@H]1c2cncc(Br)c2CC[C@H]1C. The lowest BCUT2D eigenvalue weighted by Crippen LogP contribution is -2.35. The van der Waals surface area contributed by atoms with E-state index < -0.39 is 0 Å². The number of pyridine rings is 2. The van der Waals surface area contributed by atoms with Crippen LogP contribution in [0.15, 0.2) is 33.7 Å². The van der Waals surface area contributed by atoms with E-state index in [0.717, 1.165) is 34.6 Å². The standard InChI is InChI=1S/2C13H17BrN2O/c2*1-3-12(17)16-13-8(2)4-5-9-10(13)6-15-7-11(9)14/h2*6-8,13H,3-5H2,1-2H3,(H,16,17)/t2*8-,13-/m10/s1. The number of nitrogens with zero attached hydrogens (tertiary/aromatic N) is 2. The number of halogens is 2. The first-order chi connectivity index (χ1) is 16.3. The normalized spacial score (nSPS) is 23.0. The number of amides is 2. The van der Waals surface area contributed by atoms with Crippen LogP contribution >= 0.6 is 31.9 Å². The van der Waals surface area contributed by atoms with Gasteiger partial charge in [-0.1, -0.05) is 27.7 Å². The zero-order valence-electron chi connectivity index (χ0n) is 20.3. The van der Waals surface area contributed by atoms with Gasteiger partial charge in [-0.3, -0.25) is 19.6 Å². The smallest absolute Gasteiger partial charge is 0.220 e. The molecule has 2 amide bonds. The Labute approximate surface area is 219 Å². The lowest BCUT2D eigenvalue weighted by Gasteiger charge is -2.32. The van der Waals surface area contributed by atoms with Gasteiger partial charge < -0.3 is 10.6 Å². The number of carbonyl (C=O) groups excluding carboxylic acids is 2. The Hall–Kier alpha value is -1.80. The van der Waals surface area contributed by atoms with Crippen molar-refractivity contribution in [1.82, 2.24) is 20.6 Å². The van der Waals surface area contributed by atoms with Crippen molar-refractivity contribution in [2.75, 3.05) is 0 Å². The lowest BCUT2D eigenvalue weighted by atomic mass is 9.81. The summed E-state index contributed by atoms with van der Waals surface area (Å²) in [5.74, 6) is 1.15. The van der Waals surface area contributed by atoms with Gasteiger partial charge in [0.05, 0.1) is 12.1 Å². The molecular weight excluding hydrogens is 560 g/mol. The van der Waals surface area contributed by atoms with Crippen LogP contribution in [0, 0.1) is 11.8 Å². The molecule has 2 aromatic rings. The highest BCUT2D eigenvalue weighted by Crippen LogP contribution is 2.38. The molecule has 0 aliphatic heterocycles. The fourth-order valence-corrected chi connectivity index (χ4v) is 5.79. The number of carbonyl (C=O) groups is 2. The Morgan fingerprint density at radius 3 is 1.53 bits per heavy atom. The molecule has 4 rings (SSSR count). The predicted molar refractivity (Wildman–Crippen MR) is 141 cm³/mol. The molecule has 0 fully saturated rings. The Kier molecular flexibility index (Phi) is 9.65. The topological polar surface area (TPSA) is 84.0 Å². The summed E-state index contributed by atoms with van der Waals surface area (Å²) in [6, 6.07) is 0.215. The molecule has 2 aromatic heterocycles. The maximum absolute atomic E-state index is 11.6. The van der Waals surface area contributed by atoms with Crippen LogP contribution in [0.1, 0.15) is 87.7 Å². The number of rotatable bonds is 4. The average molecular weight is 594 g/mol. The predicted octanol–water partition coefficient (Wildman–Crippen LogP) is 5.99. The number of hydrogen-bond donors (Lipinski definition) is 2. The first-order valence-electron chi connectivity index (χ1n) is 12.1. The summed E-state index contributed by atoms with van der Waals surface area (Å²) >= 11 is 7.08. The van der Waals surface area contributed by atoms with Crippen molar-refractivity contribution in [2.45, 2.75) is 78.3 Å². The molecule has 0 saturated heterocycles. The van der Waals surface area contributed by atoms with Crippen LogP contribution in [-0.2, 0) is 22.4 Å². The van der Waals surface area contributed by atoms with Crippen LogP contribution in [0.2, 0.25) is 0 Å². The summed E-state index contributed by atoms with van der Waals surface area (Å²) in [6.45, 7) is 8.13. The van der Waals surface area contributed by atoms with Crippen molar-refractivity contribution < 1.29 is 9.59 Å². The molecule has 4 atom stereocenters. The first kappa shape index (κ1) is 26.8. The van der Waals surface area contributed by atoms with Gasteiger partial charge in [0.25, 0.3) is 0 Å². The van der Waals surface area contributed by atoms with E-state index in [1.54, 1.807) is 0 Å². The maximum Gasteiger partial charge on any atom is 0.220 e. The third-order valence-electron chi connectivity index (χ3n) is 6.86. The lowest BCUT2D eigenvalue weighted by molar-refractivity contribution is -0.122. The Morgan fingerprint density at radius 1 is 0.794 bits per heavy atom. The van der Waals surface area contributed by atoms with Gasteiger partial charge in [-0.15, -0.1) is 0 Å². The highest BCUT2D eigenvalue weighted by molar-refractivity contribution is 9.10. The van der Waals surface area contributed by atoms with E-state index in [9.17, 15) is 9.59 Å². The van der Waals surface area contributed by atoms with Crippen LogP contribution in [0.3, 0.4) is 0 Å². The van der Waals surface area contributed by atoms with Crippen molar-refractivity contribution in [3.05, 3.63) is 56.0 Å². The van der Waals surface area contributed by atoms with Gasteiger partial charge in [-0.2, -0.15) is 0 Å². The third kappa shape index (κ3) is 6.25. The van der Waals surface area contributed by atoms with Crippen LogP contribution < -0.4 is 10.6 Å². The highest BCUT2D eigenvalue weighted by Gasteiger charge is 2.30. The molecule has 2 N–H and O–H groups in total. The molecule has 2 aliphatic carbocycles. The largest absolute Gasteiger partial charge is 0.349 e. The Balaban J connectivity index is 0.000000191. The zero-order valence-corrected chi connectivity index (χ0v) is 23.5. The minimum Gasteiger partial charge on any atom is -0.349 e. The van der Waals surface area contributed by atoms with Crippen LogP contribution in [0.25, 0.3) is 0 Å². The van der Waals surface area contributed by atoms with Crippen molar-refractivity contribution in [3.8, 4) is 0 Å². The molecule has 6 nitrogen and oxygen atoms in total. The molecule has 8 heteroatoms. The molecular formula is C26H34Br2N4O2. The molecule has 34 heavy (non-hydrogen) atoms. The van der Waals surface area contributed by atoms with Crippen molar-refractivity contribution in [1.29, 1.82) is 0 Å². The summed E-state index contributed by atoms with van der Waals surface area (Å²) < 4.78 is 2.11. The summed E-state index contributed by atoms with van der Waals surface area (Å²) in [6.07, 6.45) is 12.8. The fraction of sp³-hybridized carbons (Fsp3) is 0.538. The first-order valence-corrected chi connectivity index (χ1v) is 13.7. The number of fused-ring (bicyclic) bond motifs is 2. The molecule has 0 aromatic carbocycles. The molecule has 0 spiro atoms. The van der Waals surface area contributed by atoms with Crippen molar-refractivity contribution in [3.63, 3.8) is 0 Å². The van der Waals surface area contributed by atoms with Gasteiger partial charge in [0.1, 0.15) is 0 Å². The monoisotopic (exact) mass is 592 g/mol. The van der Waals surface area contributed by atoms with Gasteiger partial charge in [-0.05, 0) is 91.6 Å². The maximum atomic E-state index is 11.6. The molecule has 2 heterocycles. The number of aromatic nitrogens is 2. The second kappa shape index (κ2) is 12.2. The van der Waals surface area contributed by atoms with E-state index in [0.29, 0.717) is 24.7 Å². The summed E-state index contributed by atoms with van der Waals surface area (Å²) in [7, 11) is 0. The second-order valence-corrected chi connectivity index (χ2v) is 10.9. The van der Waals surface area contributed by atoms with Gasteiger partial charge in [0.15, 0.2) is 0 Å². The number of nitrogens with one attached hydrogen (secondary N) is 2. The van der Waals surface area contributed by atoms with E-state index in [1.165, 1.54) is 22.3 Å². The van der Waals surface area contributed by atoms with Crippen molar-refractivity contribution >= 4 is 43.7 Å². The highest BCUT2D eigenvalue weighted by atomic mass is 79.9. The molecule has 184 valence electrons. The van der Waals surface area contributed by atoms with Crippen LogP contribution in [-0.4, -0.2) is 21.8 Å². The van der Waals surface area contributed by atoms with Crippen molar-refractivity contribution in [2.24, 2.45) is 11.8 Å². The van der Waals surface area contributed by atoms with E-state index in [1.807, 2.05) is 38.6 Å².